The van der Waals surface area contributed by atoms with Crippen molar-refractivity contribution in [3.05, 3.63) is 39.1 Å². The SMILES string of the molecule is O=C(Nc1sc(Br)cc1S(=O)(=O)c1ccc(Cl)cc1)C(F)(F)F. The van der Waals surface area contributed by atoms with Crippen molar-refractivity contribution in [2.24, 2.45) is 0 Å². The molecule has 0 saturated carbocycles. The number of carbonyl (C=O) groups excluding carboxylic acids is 1. The number of sulfone groups is 1. The van der Waals surface area contributed by atoms with Crippen molar-refractivity contribution in [1.29, 1.82) is 0 Å². The van der Waals surface area contributed by atoms with Gasteiger partial charge >= 0.3 is 12.1 Å². The van der Waals surface area contributed by atoms with Gasteiger partial charge in [0, 0.05) is 5.02 Å². The number of amides is 1. The smallest absolute Gasteiger partial charge is 0.309 e. The first kappa shape index (κ1) is 18.2. The van der Waals surface area contributed by atoms with Crippen LogP contribution in [0.2, 0.25) is 5.02 Å². The summed E-state index contributed by atoms with van der Waals surface area (Å²) in [6.45, 7) is 0. The summed E-state index contributed by atoms with van der Waals surface area (Å²) in [5.41, 5.74) is 0. The van der Waals surface area contributed by atoms with Gasteiger partial charge < -0.3 is 5.32 Å². The molecule has 0 aliphatic rings. The Kier molecular flexibility index (Phi) is 5.09. The van der Waals surface area contributed by atoms with E-state index in [0.29, 0.717) is 16.4 Å². The lowest BCUT2D eigenvalue weighted by Gasteiger charge is -2.09. The maximum absolute atomic E-state index is 12.5. The van der Waals surface area contributed by atoms with Gasteiger partial charge in [-0.1, -0.05) is 11.6 Å². The predicted octanol–water partition coefficient (Wildman–Crippen LogP) is 4.50. The van der Waals surface area contributed by atoms with Gasteiger partial charge in [0.2, 0.25) is 9.84 Å². The summed E-state index contributed by atoms with van der Waals surface area (Å²) in [7, 11) is -4.12. The van der Waals surface area contributed by atoms with Crippen LogP contribution in [0.4, 0.5) is 18.2 Å². The minimum Gasteiger partial charge on any atom is -0.309 e. The van der Waals surface area contributed by atoms with E-state index >= 15 is 0 Å². The highest BCUT2D eigenvalue weighted by molar-refractivity contribution is 9.11. The highest BCUT2D eigenvalue weighted by Gasteiger charge is 2.40. The number of nitrogens with one attached hydrogen (secondary N) is 1. The maximum Gasteiger partial charge on any atom is 0.471 e. The Labute approximate surface area is 146 Å². The van der Waals surface area contributed by atoms with Crippen molar-refractivity contribution < 1.29 is 26.4 Å². The fraction of sp³-hybridized carbons (Fsp3) is 0.0833. The molecule has 0 unspecified atom stereocenters. The fourth-order valence-corrected chi connectivity index (χ4v) is 5.06. The zero-order valence-corrected chi connectivity index (χ0v) is 14.8. The Balaban J connectivity index is 2.47. The molecule has 4 nitrogen and oxygen atoms in total. The standard InChI is InChI=1S/C12H6BrClF3NO3S2/c13-9-5-8(10(22-9)18-11(19)12(15,16)17)23(20,21)7-3-1-6(14)2-4-7/h1-5H,(H,18,19). The number of anilines is 1. The minimum atomic E-state index is -5.13. The molecular weight excluding hydrogens is 443 g/mol. The van der Waals surface area contributed by atoms with E-state index in [1.807, 2.05) is 0 Å². The maximum atomic E-state index is 12.5. The third-order valence-corrected chi connectivity index (χ3v) is 6.29. The second kappa shape index (κ2) is 6.42. The number of alkyl halides is 3. The largest absolute Gasteiger partial charge is 0.471 e. The molecule has 23 heavy (non-hydrogen) atoms. The van der Waals surface area contributed by atoms with E-state index in [2.05, 4.69) is 15.9 Å². The van der Waals surface area contributed by atoms with E-state index in [-0.39, 0.29) is 8.68 Å². The highest BCUT2D eigenvalue weighted by atomic mass is 79.9. The summed E-state index contributed by atoms with van der Waals surface area (Å²) < 4.78 is 62.4. The van der Waals surface area contributed by atoms with Gasteiger partial charge in [0.1, 0.15) is 9.90 Å². The van der Waals surface area contributed by atoms with Crippen molar-refractivity contribution in [2.75, 3.05) is 5.32 Å². The van der Waals surface area contributed by atoms with E-state index in [9.17, 15) is 26.4 Å². The molecule has 11 heteroatoms. The molecule has 0 aliphatic carbocycles. The number of benzene rings is 1. The second-order valence-corrected chi connectivity index (χ2v) is 8.94. The zero-order valence-electron chi connectivity index (χ0n) is 10.8. The quantitative estimate of drug-likeness (QED) is 0.752. The van der Waals surface area contributed by atoms with Crippen LogP contribution in [-0.4, -0.2) is 20.5 Å². The summed E-state index contributed by atoms with van der Waals surface area (Å²) in [6.07, 6.45) is -5.13. The molecule has 124 valence electrons. The molecule has 1 amide bonds. The number of hydrogen-bond donors (Lipinski definition) is 1. The lowest BCUT2D eigenvalue weighted by molar-refractivity contribution is -0.167. The molecule has 0 spiro atoms. The van der Waals surface area contributed by atoms with Crippen molar-refractivity contribution in [3.63, 3.8) is 0 Å². The minimum absolute atomic E-state index is 0.158. The number of hydrogen-bond acceptors (Lipinski definition) is 4. The first-order chi connectivity index (χ1) is 10.5. The summed E-state index contributed by atoms with van der Waals surface area (Å²) in [5.74, 6) is -2.25. The van der Waals surface area contributed by atoms with Crippen molar-refractivity contribution in [3.8, 4) is 0 Å². The lowest BCUT2D eigenvalue weighted by Crippen LogP contribution is -2.30. The zero-order chi connectivity index (χ0) is 17.4. The molecule has 1 aromatic heterocycles. The van der Waals surface area contributed by atoms with Gasteiger partial charge in [0.15, 0.2) is 0 Å². The topological polar surface area (TPSA) is 63.2 Å². The van der Waals surface area contributed by atoms with Crippen molar-refractivity contribution in [2.45, 2.75) is 16.0 Å². The Morgan fingerprint density at radius 2 is 1.78 bits per heavy atom. The number of carbonyl (C=O) groups is 1. The molecule has 2 rings (SSSR count). The van der Waals surface area contributed by atoms with Crippen LogP contribution in [0.25, 0.3) is 0 Å². The lowest BCUT2D eigenvalue weighted by atomic mass is 10.4. The van der Waals surface area contributed by atoms with Gasteiger partial charge in [-0.2, -0.15) is 13.2 Å². The summed E-state index contributed by atoms with van der Waals surface area (Å²) >= 11 is 9.34. The van der Waals surface area contributed by atoms with E-state index in [0.717, 1.165) is 6.07 Å². The number of rotatable bonds is 3. The molecule has 1 aromatic carbocycles. The first-order valence-corrected chi connectivity index (χ1v) is 9.17. The molecule has 1 heterocycles. The second-order valence-electron chi connectivity index (χ2n) is 4.15. The molecule has 2 aromatic rings. The van der Waals surface area contributed by atoms with Gasteiger partial charge in [-0.15, -0.1) is 11.3 Å². The van der Waals surface area contributed by atoms with Crippen LogP contribution in [0, 0.1) is 0 Å². The molecule has 0 atom stereocenters. The van der Waals surface area contributed by atoms with Gasteiger partial charge in [0.25, 0.3) is 0 Å². The van der Waals surface area contributed by atoms with Gasteiger partial charge in [-0.3, -0.25) is 4.79 Å². The van der Waals surface area contributed by atoms with Crippen LogP contribution >= 0.6 is 38.9 Å². The Morgan fingerprint density at radius 3 is 2.30 bits per heavy atom. The molecule has 0 radical (unpaired) electrons. The van der Waals surface area contributed by atoms with Crippen LogP contribution in [0.15, 0.2) is 43.9 Å². The summed E-state index contributed by atoms with van der Waals surface area (Å²) in [5, 5.41) is 1.46. The molecule has 0 aliphatic heterocycles. The highest BCUT2D eigenvalue weighted by Crippen LogP contribution is 2.38. The summed E-state index contributed by atoms with van der Waals surface area (Å²) in [4.78, 5) is 10.5. The predicted molar refractivity (Wildman–Crippen MR) is 83.6 cm³/mol. The van der Waals surface area contributed by atoms with E-state index in [4.69, 9.17) is 11.6 Å². The third-order valence-electron chi connectivity index (χ3n) is 2.57. The molecular formula is C12H6BrClF3NO3S2. The molecule has 1 N–H and O–H groups in total. The van der Waals surface area contributed by atoms with Crippen LogP contribution < -0.4 is 5.32 Å². The van der Waals surface area contributed by atoms with E-state index < -0.39 is 31.8 Å². The fourth-order valence-electron chi connectivity index (χ4n) is 1.55. The van der Waals surface area contributed by atoms with Crippen molar-refractivity contribution >= 4 is 59.6 Å². The average molecular weight is 449 g/mol. The summed E-state index contributed by atoms with van der Waals surface area (Å²) in [6, 6.07) is 6.24. The number of thiophene rings is 1. The Hall–Kier alpha value is -1.10. The van der Waals surface area contributed by atoms with Gasteiger partial charge in [0.05, 0.1) is 8.68 Å². The Bertz CT molecular complexity index is 847. The van der Waals surface area contributed by atoms with Crippen LogP contribution in [0.1, 0.15) is 0 Å². The van der Waals surface area contributed by atoms with Crippen molar-refractivity contribution in [1.82, 2.24) is 0 Å². The molecule has 0 fully saturated rings. The van der Waals surface area contributed by atoms with Gasteiger partial charge in [-0.05, 0) is 46.3 Å². The van der Waals surface area contributed by atoms with Crippen LogP contribution in [0.3, 0.4) is 0 Å². The van der Waals surface area contributed by atoms with Crippen LogP contribution in [-0.2, 0) is 14.6 Å². The number of halogens is 5. The molecule has 0 bridgehead atoms. The van der Waals surface area contributed by atoms with E-state index in [1.54, 1.807) is 5.32 Å². The van der Waals surface area contributed by atoms with E-state index in [1.165, 1.54) is 24.3 Å². The average Bonchev–Trinajstić information content (AvgIpc) is 2.79. The third kappa shape index (κ3) is 4.06. The normalized spacial score (nSPS) is 12.2. The molecule has 0 saturated heterocycles. The Morgan fingerprint density at radius 1 is 1.22 bits per heavy atom. The monoisotopic (exact) mass is 447 g/mol. The van der Waals surface area contributed by atoms with Crippen LogP contribution in [0.5, 0.6) is 0 Å². The van der Waals surface area contributed by atoms with Gasteiger partial charge in [-0.25, -0.2) is 8.42 Å². The first-order valence-electron chi connectivity index (χ1n) is 5.70.